The summed E-state index contributed by atoms with van der Waals surface area (Å²) in [6, 6.07) is 14.7. The highest BCUT2D eigenvalue weighted by Gasteiger charge is 2.41. The summed E-state index contributed by atoms with van der Waals surface area (Å²) >= 11 is 0. The maximum absolute atomic E-state index is 13.3. The van der Waals surface area contributed by atoms with E-state index in [0.717, 1.165) is 23.2 Å². The lowest BCUT2D eigenvalue weighted by atomic mass is 9.98. The number of para-hydroxylation sites is 1. The van der Waals surface area contributed by atoms with E-state index in [2.05, 4.69) is 16.7 Å². The van der Waals surface area contributed by atoms with Gasteiger partial charge in [-0.1, -0.05) is 30.3 Å². The zero-order chi connectivity index (χ0) is 20.8. The van der Waals surface area contributed by atoms with Gasteiger partial charge in [0, 0.05) is 36.2 Å². The second-order valence-corrected chi connectivity index (χ2v) is 8.01. The van der Waals surface area contributed by atoms with E-state index in [1.807, 2.05) is 17.0 Å². The van der Waals surface area contributed by atoms with E-state index in [1.54, 1.807) is 17.0 Å². The van der Waals surface area contributed by atoms with Crippen molar-refractivity contribution in [1.29, 1.82) is 0 Å². The second kappa shape index (κ2) is 7.16. The zero-order valence-corrected chi connectivity index (χ0v) is 16.4. The molecule has 3 aromatic rings. The van der Waals surface area contributed by atoms with Crippen LogP contribution >= 0.6 is 0 Å². The van der Waals surface area contributed by atoms with Crippen LogP contribution < -0.4 is 0 Å². The molecule has 0 spiro atoms. The summed E-state index contributed by atoms with van der Waals surface area (Å²) in [7, 11) is 0. The van der Waals surface area contributed by atoms with Crippen molar-refractivity contribution in [1.82, 2.24) is 14.4 Å². The predicted molar refractivity (Wildman–Crippen MR) is 110 cm³/mol. The lowest BCUT2D eigenvalue weighted by Crippen LogP contribution is -2.39. The summed E-state index contributed by atoms with van der Waals surface area (Å²) in [6.45, 7) is 1.90. The van der Waals surface area contributed by atoms with E-state index in [1.165, 1.54) is 23.1 Å². The number of carbonyl (C=O) groups is 2. The van der Waals surface area contributed by atoms with E-state index in [4.69, 9.17) is 5.11 Å². The number of amides is 2. The Bertz CT molecular complexity index is 1140. The SMILES string of the molecule is O=C(O)CCN1CC2Cc3c(n(Cc4ccc(F)cc4)c4ccccc34)CN2C1=O. The highest BCUT2D eigenvalue weighted by Crippen LogP contribution is 2.36. The number of benzene rings is 2. The van der Waals surface area contributed by atoms with Crippen molar-refractivity contribution in [2.45, 2.75) is 32.0 Å². The molecule has 1 saturated heterocycles. The molecule has 0 bridgehead atoms. The first-order chi connectivity index (χ1) is 14.5. The Hall–Kier alpha value is -3.35. The first kappa shape index (κ1) is 18.7. The molecule has 0 aliphatic carbocycles. The molecular weight excluding hydrogens is 385 g/mol. The van der Waals surface area contributed by atoms with Crippen LogP contribution in [0.15, 0.2) is 48.5 Å². The number of fused-ring (bicyclic) bond motifs is 4. The van der Waals surface area contributed by atoms with Gasteiger partial charge in [0.1, 0.15) is 5.82 Å². The van der Waals surface area contributed by atoms with Gasteiger partial charge in [-0.2, -0.15) is 0 Å². The fourth-order valence-electron chi connectivity index (χ4n) is 4.74. The number of carbonyl (C=O) groups excluding carboxylic acids is 1. The van der Waals surface area contributed by atoms with Gasteiger partial charge in [-0.3, -0.25) is 4.79 Å². The Labute approximate surface area is 173 Å². The average molecular weight is 407 g/mol. The molecule has 154 valence electrons. The highest BCUT2D eigenvalue weighted by molar-refractivity contribution is 5.87. The van der Waals surface area contributed by atoms with Crippen LogP contribution in [0.1, 0.15) is 23.2 Å². The number of rotatable bonds is 5. The van der Waals surface area contributed by atoms with Gasteiger partial charge in [0.2, 0.25) is 0 Å². The van der Waals surface area contributed by atoms with Crippen molar-refractivity contribution < 1.29 is 19.1 Å². The first-order valence-electron chi connectivity index (χ1n) is 10.1. The number of urea groups is 1. The van der Waals surface area contributed by atoms with Gasteiger partial charge < -0.3 is 19.5 Å². The van der Waals surface area contributed by atoms with Gasteiger partial charge in [0.15, 0.2) is 0 Å². The van der Waals surface area contributed by atoms with Gasteiger partial charge in [-0.05, 0) is 35.7 Å². The summed E-state index contributed by atoms with van der Waals surface area (Å²) in [5.41, 5.74) is 4.47. The zero-order valence-electron chi connectivity index (χ0n) is 16.4. The Balaban J connectivity index is 1.50. The third-order valence-electron chi connectivity index (χ3n) is 6.19. The van der Waals surface area contributed by atoms with Gasteiger partial charge in [-0.25, -0.2) is 9.18 Å². The van der Waals surface area contributed by atoms with Crippen molar-refractivity contribution >= 4 is 22.9 Å². The first-order valence-corrected chi connectivity index (χ1v) is 10.1. The molecule has 6 nitrogen and oxygen atoms in total. The van der Waals surface area contributed by atoms with Crippen molar-refractivity contribution in [2.24, 2.45) is 0 Å². The highest BCUT2D eigenvalue weighted by atomic mass is 19.1. The van der Waals surface area contributed by atoms with Gasteiger partial charge in [-0.15, -0.1) is 0 Å². The molecule has 2 aliphatic heterocycles. The topological polar surface area (TPSA) is 65.8 Å². The number of nitrogens with zero attached hydrogens (tertiary/aromatic N) is 3. The molecule has 1 fully saturated rings. The molecule has 1 N–H and O–H groups in total. The smallest absolute Gasteiger partial charge is 0.320 e. The molecule has 2 aliphatic rings. The lowest BCUT2D eigenvalue weighted by molar-refractivity contribution is -0.137. The number of carboxylic acids is 1. The molecule has 30 heavy (non-hydrogen) atoms. The monoisotopic (exact) mass is 407 g/mol. The van der Waals surface area contributed by atoms with Gasteiger partial charge >= 0.3 is 12.0 Å². The quantitative estimate of drug-likeness (QED) is 0.704. The number of aliphatic carboxylic acids is 1. The fraction of sp³-hybridized carbons (Fsp3) is 0.304. The molecule has 0 saturated carbocycles. The van der Waals surface area contributed by atoms with Crippen molar-refractivity contribution in [2.75, 3.05) is 13.1 Å². The summed E-state index contributed by atoms with van der Waals surface area (Å²) in [5.74, 6) is -1.15. The van der Waals surface area contributed by atoms with Crippen molar-refractivity contribution in [3.63, 3.8) is 0 Å². The molecule has 0 radical (unpaired) electrons. The van der Waals surface area contributed by atoms with E-state index in [9.17, 15) is 14.0 Å². The van der Waals surface area contributed by atoms with Crippen LogP contribution in [0.2, 0.25) is 0 Å². The second-order valence-electron chi connectivity index (χ2n) is 8.01. The van der Waals surface area contributed by atoms with Gasteiger partial charge in [0.05, 0.1) is 19.0 Å². The Kier molecular flexibility index (Phi) is 4.46. The van der Waals surface area contributed by atoms with E-state index >= 15 is 0 Å². The number of hydrogen-bond donors (Lipinski definition) is 1. The fourth-order valence-corrected chi connectivity index (χ4v) is 4.74. The summed E-state index contributed by atoms with van der Waals surface area (Å²) in [5, 5.41) is 10.1. The van der Waals surface area contributed by atoms with Gasteiger partial charge in [0.25, 0.3) is 0 Å². The molecule has 1 unspecified atom stereocenters. The van der Waals surface area contributed by atoms with Crippen molar-refractivity contribution in [3.05, 3.63) is 71.2 Å². The minimum atomic E-state index is -0.896. The third kappa shape index (κ3) is 3.10. The number of aromatic nitrogens is 1. The largest absolute Gasteiger partial charge is 0.481 e. The average Bonchev–Trinajstić information content (AvgIpc) is 3.21. The van der Waals surface area contributed by atoms with Crippen LogP contribution in [0.3, 0.4) is 0 Å². The summed E-state index contributed by atoms with van der Waals surface area (Å²) < 4.78 is 15.6. The van der Waals surface area contributed by atoms with Crippen molar-refractivity contribution in [3.8, 4) is 0 Å². The molecule has 5 rings (SSSR count). The Morgan fingerprint density at radius 1 is 1.13 bits per heavy atom. The van der Waals surface area contributed by atoms with Crippen LogP contribution in [-0.2, 0) is 24.3 Å². The molecular formula is C23H22FN3O3. The molecule has 1 atom stereocenters. The normalized spacial score (nSPS) is 18.0. The third-order valence-corrected chi connectivity index (χ3v) is 6.19. The number of carboxylic acid groups (broad SMARTS) is 1. The molecule has 2 aromatic carbocycles. The minimum absolute atomic E-state index is 0.0427. The summed E-state index contributed by atoms with van der Waals surface area (Å²) in [6.07, 6.45) is 0.709. The van der Waals surface area contributed by atoms with Crippen LogP contribution in [0, 0.1) is 5.82 Å². The van der Waals surface area contributed by atoms with Crippen LogP contribution in [0.4, 0.5) is 9.18 Å². The van der Waals surface area contributed by atoms with E-state index < -0.39 is 5.97 Å². The maximum atomic E-state index is 13.3. The molecule has 1 aromatic heterocycles. The number of hydrogen-bond acceptors (Lipinski definition) is 2. The Morgan fingerprint density at radius 2 is 1.90 bits per heavy atom. The van der Waals surface area contributed by atoms with Crippen LogP contribution in [-0.4, -0.2) is 50.6 Å². The van der Waals surface area contributed by atoms with Crippen LogP contribution in [0.5, 0.6) is 0 Å². The van der Waals surface area contributed by atoms with E-state index in [0.29, 0.717) is 19.6 Å². The number of halogens is 1. The van der Waals surface area contributed by atoms with E-state index in [-0.39, 0.29) is 30.9 Å². The standard InChI is InChI=1S/C23H22FN3O3/c24-16-7-5-15(6-8-16)12-27-20-4-2-1-3-18(20)19-11-17-13-25(10-9-22(28)29)23(30)26(17)14-21(19)27/h1-8,17H,9-14H2,(H,28,29). The summed E-state index contributed by atoms with van der Waals surface area (Å²) in [4.78, 5) is 27.3. The van der Waals surface area contributed by atoms with Crippen LogP contribution in [0.25, 0.3) is 10.9 Å². The predicted octanol–water partition coefficient (Wildman–Crippen LogP) is 3.47. The molecule has 2 amide bonds. The Morgan fingerprint density at radius 3 is 2.67 bits per heavy atom. The molecule has 7 heteroatoms. The minimum Gasteiger partial charge on any atom is -0.481 e. The lowest BCUT2D eigenvalue weighted by Gasteiger charge is -2.29. The molecule has 3 heterocycles. The maximum Gasteiger partial charge on any atom is 0.320 e.